The molecule has 1 aliphatic heterocycles. The van der Waals surface area contributed by atoms with Crippen molar-refractivity contribution >= 4 is 17.6 Å². The van der Waals surface area contributed by atoms with Crippen molar-refractivity contribution < 1.29 is 19.4 Å². The van der Waals surface area contributed by atoms with Crippen molar-refractivity contribution in [2.45, 2.75) is 12.8 Å². The Balaban J connectivity index is 2.43. The number of aliphatic carboxylic acids is 1. The van der Waals surface area contributed by atoms with Crippen LogP contribution in [-0.4, -0.2) is 24.3 Å². The van der Waals surface area contributed by atoms with Crippen LogP contribution >= 0.6 is 11.6 Å². The second kappa shape index (κ2) is 4.22. The smallest absolute Gasteiger partial charge is 0.310 e. The van der Waals surface area contributed by atoms with E-state index in [-0.39, 0.29) is 0 Å². The first-order valence-electron chi connectivity index (χ1n) is 4.91. The summed E-state index contributed by atoms with van der Waals surface area (Å²) in [7, 11) is 0. The van der Waals surface area contributed by atoms with Crippen LogP contribution in [0.3, 0.4) is 0 Å². The van der Waals surface area contributed by atoms with E-state index in [0.29, 0.717) is 35.3 Å². The molecule has 1 aromatic rings. The zero-order chi connectivity index (χ0) is 11.7. The minimum Gasteiger partial charge on any atom is -0.486 e. The lowest BCUT2D eigenvalue weighted by atomic mass is 10.0. The van der Waals surface area contributed by atoms with Crippen molar-refractivity contribution in [1.29, 1.82) is 0 Å². The predicted octanol–water partition coefficient (Wildman–Crippen LogP) is 2.30. The second-order valence-electron chi connectivity index (χ2n) is 3.58. The van der Waals surface area contributed by atoms with Crippen LogP contribution in [0.4, 0.5) is 0 Å². The summed E-state index contributed by atoms with van der Waals surface area (Å²) >= 11 is 6.00. The van der Waals surface area contributed by atoms with Crippen molar-refractivity contribution in [3.05, 3.63) is 22.7 Å². The molecule has 1 unspecified atom stereocenters. The van der Waals surface area contributed by atoms with E-state index in [2.05, 4.69) is 0 Å². The van der Waals surface area contributed by atoms with Crippen LogP contribution in [0.1, 0.15) is 18.4 Å². The summed E-state index contributed by atoms with van der Waals surface area (Å²) in [6.45, 7) is 2.53. The van der Waals surface area contributed by atoms with E-state index >= 15 is 0 Å². The first-order valence-corrected chi connectivity index (χ1v) is 5.29. The van der Waals surface area contributed by atoms with Gasteiger partial charge in [0.25, 0.3) is 0 Å². The zero-order valence-corrected chi connectivity index (χ0v) is 9.45. The molecular weight excluding hydrogens is 232 g/mol. The topological polar surface area (TPSA) is 55.8 Å². The van der Waals surface area contributed by atoms with Gasteiger partial charge >= 0.3 is 5.97 Å². The first kappa shape index (κ1) is 11.1. The molecule has 16 heavy (non-hydrogen) atoms. The molecule has 1 aromatic carbocycles. The molecule has 0 fully saturated rings. The Morgan fingerprint density at radius 3 is 2.50 bits per heavy atom. The fraction of sp³-hybridized carbons (Fsp3) is 0.364. The van der Waals surface area contributed by atoms with Gasteiger partial charge in [-0.05, 0) is 18.6 Å². The number of hydrogen-bond donors (Lipinski definition) is 1. The Labute approximate surface area is 97.7 Å². The average molecular weight is 243 g/mol. The third-order valence-electron chi connectivity index (χ3n) is 2.50. The second-order valence-corrected chi connectivity index (χ2v) is 3.98. The van der Waals surface area contributed by atoms with Crippen LogP contribution in [-0.2, 0) is 4.79 Å². The molecule has 1 N–H and O–H groups in total. The largest absolute Gasteiger partial charge is 0.486 e. The molecule has 0 aromatic heterocycles. The van der Waals surface area contributed by atoms with Gasteiger partial charge in [0.2, 0.25) is 0 Å². The number of carbonyl (C=O) groups is 1. The van der Waals surface area contributed by atoms with Gasteiger partial charge in [-0.2, -0.15) is 0 Å². The highest BCUT2D eigenvalue weighted by atomic mass is 35.5. The SMILES string of the molecule is CC(C(=O)O)c1cc2c(cc1Cl)OCCO2. The van der Waals surface area contributed by atoms with E-state index in [1.165, 1.54) is 0 Å². The molecule has 0 saturated heterocycles. The fourth-order valence-corrected chi connectivity index (χ4v) is 1.86. The highest BCUT2D eigenvalue weighted by molar-refractivity contribution is 6.31. The molecule has 0 radical (unpaired) electrons. The van der Waals surface area contributed by atoms with Crippen LogP contribution in [0.15, 0.2) is 12.1 Å². The third-order valence-corrected chi connectivity index (χ3v) is 2.83. The molecule has 1 heterocycles. The number of benzene rings is 1. The number of hydrogen-bond acceptors (Lipinski definition) is 3. The number of carboxylic acids is 1. The van der Waals surface area contributed by atoms with Gasteiger partial charge in [-0.15, -0.1) is 0 Å². The maximum absolute atomic E-state index is 10.9. The molecule has 0 saturated carbocycles. The van der Waals surface area contributed by atoms with Gasteiger partial charge in [0.1, 0.15) is 13.2 Å². The zero-order valence-electron chi connectivity index (χ0n) is 8.70. The monoisotopic (exact) mass is 242 g/mol. The van der Waals surface area contributed by atoms with Crippen molar-refractivity contribution in [3.63, 3.8) is 0 Å². The van der Waals surface area contributed by atoms with Gasteiger partial charge in [-0.25, -0.2) is 0 Å². The molecule has 0 spiro atoms. The number of halogens is 1. The molecule has 86 valence electrons. The Morgan fingerprint density at radius 2 is 1.94 bits per heavy atom. The van der Waals surface area contributed by atoms with Gasteiger partial charge in [0, 0.05) is 11.1 Å². The van der Waals surface area contributed by atoms with E-state index in [4.69, 9.17) is 26.2 Å². The quantitative estimate of drug-likeness (QED) is 0.865. The molecule has 0 bridgehead atoms. The summed E-state index contributed by atoms with van der Waals surface area (Å²) in [5.74, 6) is -0.460. The van der Waals surface area contributed by atoms with E-state index in [1.54, 1.807) is 19.1 Å². The summed E-state index contributed by atoms with van der Waals surface area (Å²) < 4.78 is 10.7. The number of fused-ring (bicyclic) bond motifs is 1. The van der Waals surface area contributed by atoms with Crippen molar-refractivity contribution in [2.75, 3.05) is 13.2 Å². The molecule has 0 aliphatic carbocycles. The average Bonchev–Trinajstić information content (AvgIpc) is 2.27. The number of ether oxygens (including phenoxy) is 2. The van der Waals surface area contributed by atoms with Gasteiger partial charge in [-0.1, -0.05) is 11.6 Å². The third kappa shape index (κ3) is 1.93. The van der Waals surface area contributed by atoms with Crippen LogP contribution in [0.5, 0.6) is 11.5 Å². The van der Waals surface area contributed by atoms with Crippen molar-refractivity contribution in [1.82, 2.24) is 0 Å². The summed E-state index contributed by atoms with van der Waals surface area (Å²) in [6, 6.07) is 3.24. The van der Waals surface area contributed by atoms with E-state index in [9.17, 15) is 4.79 Å². The molecule has 2 rings (SSSR count). The van der Waals surface area contributed by atoms with Gasteiger partial charge in [0.05, 0.1) is 5.92 Å². The molecule has 5 heteroatoms. The molecule has 1 atom stereocenters. The number of rotatable bonds is 2. The molecular formula is C11H11ClO4. The standard InChI is InChI=1S/C11H11ClO4/c1-6(11(13)14)7-4-9-10(5-8(7)12)16-3-2-15-9/h4-6H,2-3H2,1H3,(H,13,14). The Hall–Kier alpha value is -1.42. The fourth-order valence-electron chi connectivity index (χ4n) is 1.54. The maximum atomic E-state index is 10.9. The molecule has 0 amide bonds. The van der Waals surface area contributed by atoms with Crippen molar-refractivity contribution in [3.8, 4) is 11.5 Å². The minimum absolute atomic E-state index is 0.388. The molecule has 1 aliphatic rings. The van der Waals surface area contributed by atoms with Gasteiger partial charge < -0.3 is 14.6 Å². The van der Waals surface area contributed by atoms with Crippen LogP contribution in [0.25, 0.3) is 0 Å². The van der Waals surface area contributed by atoms with Crippen molar-refractivity contribution in [2.24, 2.45) is 0 Å². The summed E-state index contributed by atoms with van der Waals surface area (Å²) in [5.41, 5.74) is 0.540. The molecule has 4 nitrogen and oxygen atoms in total. The van der Waals surface area contributed by atoms with E-state index < -0.39 is 11.9 Å². The lowest BCUT2D eigenvalue weighted by molar-refractivity contribution is -0.138. The highest BCUT2D eigenvalue weighted by Gasteiger charge is 2.21. The summed E-state index contributed by atoms with van der Waals surface area (Å²) in [5, 5.41) is 9.32. The van der Waals surface area contributed by atoms with Gasteiger partial charge in [-0.3, -0.25) is 4.79 Å². The lowest BCUT2D eigenvalue weighted by Gasteiger charge is -2.20. The van der Waals surface area contributed by atoms with Crippen LogP contribution < -0.4 is 9.47 Å². The Morgan fingerprint density at radius 1 is 1.38 bits per heavy atom. The van der Waals surface area contributed by atoms with Gasteiger partial charge in [0.15, 0.2) is 11.5 Å². The van der Waals surface area contributed by atoms with Crippen LogP contribution in [0, 0.1) is 0 Å². The number of carboxylic acid groups (broad SMARTS) is 1. The first-order chi connectivity index (χ1) is 7.59. The summed E-state index contributed by atoms with van der Waals surface area (Å²) in [6.07, 6.45) is 0. The normalized spacial score (nSPS) is 15.6. The van der Waals surface area contributed by atoms with E-state index in [0.717, 1.165) is 0 Å². The van der Waals surface area contributed by atoms with E-state index in [1.807, 2.05) is 0 Å². The summed E-state index contributed by atoms with van der Waals surface area (Å²) in [4.78, 5) is 10.9. The lowest BCUT2D eigenvalue weighted by Crippen LogP contribution is -2.16. The maximum Gasteiger partial charge on any atom is 0.310 e. The van der Waals surface area contributed by atoms with Crippen LogP contribution in [0.2, 0.25) is 5.02 Å². The Bertz CT molecular complexity index is 430. The Kier molecular flexibility index (Phi) is 2.92. The highest BCUT2D eigenvalue weighted by Crippen LogP contribution is 2.38. The predicted molar refractivity (Wildman–Crippen MR) is 58.5 cm³/mol. The minimum atomic E-state index is -0.918.